The van der Waals surface area contributed by atoms with Crippen molar-refractivity contribution in [2.75, 3.05) is 14.2 Å². The van der Waals surface area contributed by atoms with Gasteiger partial charge in [-0.05, 0) is 111 Å². The van der Waals surface area contributed by atoms with Crippen LogP contribution >= 0.6 is 0 Å². The molecule has 0 heterocycles. The van der Waals surface area contributed by atoms with Crippen molar-refractivity contribution in [1.82, 2.24) is 0 Å². The van der Waals surface area contributed by atoms with Crippen molar-refractivity contribution in [3.05, 3.63) is 11.6 Å². The standard InChI is InChI=1S/C31H50O4/c1-26(2)22-11-14-30(6)23(28(22,4)13-12-24(26)32)10-9-20-21-19-27(3,35-8)15-17-31(21,25(33)34-7)18-16-29(20,30)5/h9,21-24,32H,10-19H2,1-8H3/t21-,22-,23+,24-,27?,28-,29+,30+,31-/m0/s1. The molecule has 5 rings (SSSR count). The maximum absolute atomic E-state index is 13.4. The van der Waals surface area contributed by atoms with Gasteiger partial charge in [0.25, 0.3) is 0 Å². The molecule has 0 spiro atoms. The van der Waals surface area contributed by atoms with Crippen LogP contribution in [0.4, 0.5) is 0 Å². The van der Waals surface area contributed by atoms with Gasteiger partial charge < -0.3 is 14.6 Å². The van der Waals surface area contributed by atoms with Gasteiger partial charge in [-0.3, -0.25) is 4.79 Å². The third-order valence-electron chi connectivity index (χ3n) is 13.4. The Morgan fingerprint density at radius 2 is 1.60 bits per heavy atom. The monoisotopic (exact) mass is 486 g/mol. The summed E-state index contributed by atoms with van der Waals surface area (Å²) in [4.78, 5) is 13.4. The van der Waals surface area contributed by atoms with Crippen molar-refractivity contribution in [2.45, 2.75) is 117 Å². The van der Waals surface area contributed by atoms with Crippen LogP contribution in [0.1, 0.15) is 106 Å². The molecule has 0 aromatic rings. The number of hydrogen-bond acceptors (Lipinski definition) is 4. The predicted octanol–water partition coefficient (Wildman–Crippen LogP) is 6.70. The van der Waals surface area contributed by atoms with Gasteiger partial charge in [-0.1, -0.05) is 46.3 Å². The molecule has 0 aliphatic heterocycles. The molecule has 1 unspecified atom stereocenters. The van der Waals surface area contributed by atoms with Crippen molar-refractivity contribution < 1.29 is 19.4 Å². The summed E-state index contributed by atoms with van der Waals surface area (Å²) >= 11 is 0. The number of esters is 1. The van der Waals surface area contributed by atoms with E-state index >= 15 is 0 Å². The Morgan fingerprint density at radius 1 is 0.914 bits per heavy atom. The van der Waals surface area contributed by atoms with Crippen LogP contribution in [0, 0.1) is 44.8 Å². The Balaban J connectivity index is 1.60. The lowest BCUT2D eigenvalue weighted by atomic mass is 9.33. The first-order chi connectivity index (χ1) is 16.2. The zero-order valence-corrected chi connectivity index (χ0v) is 23.6. The minimum Gasteiger partial charge on any atom is -0.469 e. The predicted molar refractivity (Wildman–Crippen MR) is 139 cm³/mol. The largest absolute Gasteiger partial charge is 0.469 e. The summed E-state index contributed by atoms with van der Waals surface area (Å²) in [5, 5.41) is 10.9. The number of methoxy groups -OCH3 is 2. The fourth-order valence-electron chi connectivity index (χ4n) is 10.8. The van der Waals surface area contributed by atoms with E-state index in [2.05, 4.69) is 47.6 Å². The summed E-state index contributed by atoms with van der Waals surface area (Å²) in [7, 11) is 3.40. The van der Waals surface area contributed by atoms with Gasteiger partial charge in [0.05, 0.1) is 24.2 Å². The first-order valence-corrected chi connectivity index (χ1v) is 14.3. The van der Waals surface area contributed by atoms with Crippen molar-refractivity contribution in [1.29, 1.82) is 0 Å². The molecule has 0 aromatic heterocycles. The van der Waals surface area contributed by atoms with E-state index in [0.717, 1.165) is 51.4 Å². The first-order valence-electron chi connectivity index (χ1n) is 14.3. The second-order valence-corrected chi connectivity index (χ2v) is 14.7. The Kier molecular flexibility index (Phi) is 5.76. The summed E-state index contributed by atoms with van der Waals surface area (Å²) in [5.41, 5.74) is 1.43. The summed E-state index contributed by atoms with van der Waals surface area (Å²) in [5.74, 6) is 1.35. The highest BCUT2D eigenvalue weighted by molar-refractivity contribution is 5.78. The van der Waals surface area contributed by atoms with E-state index in [1.165, 1.54) is 18.4 Å². The summed E-state index contributed by atoms with van der Waals surface area (Å²) in [6.45, 7) is 14.5. The minimum absolute atomic E-state index is 0.00503. The lowest BCUT2D eigenvalue weighted by molar-refractivity contribution is -0.208. The molecule has 9 atom stereocenters. The molecule has 0 aromatic carbocycles. The third-order valence-corrected chi connectivity index (χ3v) is 13.4. The van der Waals surface area contributed by atoms with Crippen molar-refractivity contribution >= 4 is 5.97 Å². The highest BCUT2D eigenvalue weighted by Gasteiger charge is 2.69. The molecule has 198 valence electrons. The molecule has 35 heavy (non-hydrogen) atoms. The van der Waals surface area contributed by atoms with Crippen LogP contribution in [0.2, 0.25) is 0 Å². The Hall–Kier alpha value is -0.870. The van der Waals surface area contributed by atoms with Crippen LogP contribution in [-0.4, -0.2) is 37.0 Å². The second kappa shape index (κ2) is 7.82. The van der Waals surface area contributed by atoms with Crippen LogP contribution in [-0.2, 0) is 14.3 Å². The number of hydrogen-bond donors (Lipinski definition) is 1. The van der Waals surface area contributed by atoms with Crippen LogP contribution in [0.25, 0.3) is 0 Å². The number of rotatable bonds is 2. The Morgan fingerprint density at radius 3 is 2.26 bits per heavy atom. The first kappa shape index (κ1) is 25.8. The molecular weight excluding hydrogens is 436 g/mol. The minimum atomic E-state index is -0.403. The van der Waals surface area contributed by atoms with E-state index in [0.29, 0.717) is 11.8 Å². The van der Waals surface area contributed by atoms with Gasteiger partial charge in [0.15, 0.2) is 0 Å². The van der Waals surface area contributed by atoms with Gasteiger partial charge in [-0.25, -0.2) is 0 Å². The molecule has 0 saturated heterocycles. The number of aliphatic hydroxyl groups excluding tert-OH is 1. The molecule has 0 radical (unpaired) electrons. The van der Waals surface area contributed by atoms with E-state index < -0.39 is 5.41 Å². The summed E-state index contributed by atoms with van der Waals surface area (Å²) < 4.78 is 11.5. The molecule has 0 bridgehead atoms. The van der Waals surface area contributed by atoms with E-state index in [4.69, 9.17) is 9.47 Å². The van der Waals surface area contributed by atoms with Gasteiger partial charge in [-0.15, -0.1) is 0 Å². The molecule has 4 fully saturated rings. The molecule has 0 amide bonds. The van der Waals surface area contributed by atoms with Crippen LogP contribution in [0.3, 0.4) is 0 Å². The molecular formula is C31H50O4. The Labute approximate surface area is 213 Å². The summed E-state index contributed by atoms with van der Waals surface area (Å²) in [6.07, 6.45) is 12.6. The van der Waals surface area contributed by atoms with Gasteiger partial charge >= 0.3 is 5.97 Å². The lowest BCUT2D eigenvalue weighted by Crippen LogP contribution is -2.65. The number of allylic oxidation sites excluding steroid dienone is 2. The van der Waals surface area contributed by atoms with Gasteiger partial charge in [0, 0.05) is 7.11 Å². The van der Waals surface area contributed by atoms with Crippen LogP contribution < -0.4 is 0 Å². The van der Waals surface area contributed by atoms with Gasteiger partial charge in [0.2, 0.25) is 0 Å². The highest BCUT2D eigenvalue weighted by atomic mass is 16.5. The molecule has 1 N–H and O–H groups in total. The second-order valence-electron chi connectivity index (χ2n) is 14.7. The summed E-state index contributed by atoms with van der Waals surface area (Å²) in [6, 6.07) is 0. The maximum atomic E-state index is 13.4. The molecule has 4 heteroatoms. The maximum Gasteiger partial charge on any atom is 0.312 e. The third kappa shape index (κ3) is 3.14. The molecule has 4 saturated carbocycles. The number of fused-ring (bicyclic) bond motifs is 7. The smallest absolute Gasteiger partial charge is 0.312 e. The average molecular weight is 487 g/mol. The SMILES string of the molecule is COC(=O)[C@]12CCC(C)(OC)C[C@H]1C1=CC[C@@H]3[C@@]4(C)CC[C@H](O)C(C)(C)[C@@H]4CC[C@@]3(C)[C@]1(C)CC2. The zero-order valence-electron chi connectivity index (χ0n) is 23.6. The molecule has 5 aliphatic rings. The van der Waals surface area contributed by atoms with E-state index in [1.54, 1.807) is 7.11 Å². The quantitative estimate of drug-likeness (QED) is 0.348. The van der Waals surface area contributed by atoms with E-state index in [-0.39, 0.29) is 45.3 Å². The van der Waals surface area contributed by atoms with Gasteiger partial charge in [-0.2, -0.15) is 0 Å². The number of aliphatic hydroxyl groups is 1. The zero-order chi connectivity index (χ0) is 25.7. The molecule has 5 aliphatic carbocycles. The topological polar surface area (TPSA) is 55.8 Å². The highest BCUT2D eigenvalue weighted by Crippen LogP contribution is 2.75. The lowest BCUT2D eigenvalue weighted by Gasteiger charge is -2.71. The number of ether oxygens (including phenoxy) is 2. The van der Waals surface area contributed by atoms with Crippen molar-refractivity contribution in [3.8, 4) is 0 Å². The number of carbonyl (C=O) groups excluding carboxylic acids is 1. The fraction of sp³-hybridized carbons (Fsp3) is 0.903. The number of carbonyl (C=O) groups is 1. The van der Waals surface area contributed by atoms with Crippen LogP contribution in [0.15, 0.2) is 11.6 Å². The van der Waals surface area contributed by atoms with Gasteiger partial charge in [0.1, 0.15) is 0 Å². The van der Waals surface area contributed by atoms with Crippen molar-refractivity contribution in [3.63, 3.8) is 0 Å². The average Bonchev–Trinajstić information content (AvgIpc) is 2.81. The van der Waals surface area contributed by atoms with Crippen molar-refractivity contribution in [2.24, 2.45) is 44.8 Å². The van der Waals surface area contributed by atoms with E-state index in [1.807, 2.05) is 7.11 Å². The van der Waals surface area contributed by atoms with E-state index in [9.17, 15) is 9.90 Å². The normalized spacial score (nSPS) is 52.8. The fourth-order valence-corrected chi connectivity index (χ4v) is 10.8. The van der Waals surface area contributed by atoms with Crippen LogP contribution in [0.5, 0.6) is 0 Å². The molecule has 4 nitrogen and oxygen atoms in total. The Bertz CT molecular complexity index is 923.